The average Bonchev–Trinajstić information content (AvgIpc) is 3.31. The number of rotatable bonds is 9. The molecule has 2 bridgehead atoms. The van der Waals surface area contributed by atoms with E-state index in [2.05, 4.69) is 39.8 Å². The number of hydrogen-bond acceptors (Lipinski definition) is 4. The second-order valence-electron chi connectivity index (χ2n) is 8.57. The first kappa shape index (κ1) is 21.0. The van der Waals surface area contributed by atoms with Crippen molar-refractivity contribution in [3.8, 4) is 0 Å². The molecule has 0 aliphatic carbocycles. The van der Waals surface area contributed by atoms with Crippen molar-refractivity contribution in [3.63, 3.8) is 0 Å². The van der Waals surface area contributed by atoms with E-state index in [1.165, 1.54) is 16.7 Å². The van der Waals surface area contributed by atoms with E-state index < -0.39 is 0 Å². The van der Waals surface area contributed by atoms with Crippen LogP contribution in [0.4, 0.5) is 0 Å². The van der Waals surface area contributed by atoms with Gasteiger partial charge in [-0.05, 0) is 66.2 Å². The molecule has 3 aliphatic heterocycles. The summed E-state index contributed by atoms with van der Waals surface area (Å²) in [4.78, 5) is 30.6. The third-order valence-corrected chi connectivity index (χ3v) is 6.00. The number of carbonyl (C=O) groups is 2. The maximum Gasteiger partial charge on any atom is 0.260 e. The maximum atomic E-state index is 12.5. The van der Waals surface area contributed by atoms with Gasteiger partial charge in [0.25, 0.3) is 11.8 Å². The van der Waals surface area contributed by atoms with E-state index in [1.807, 2.05) is 6.08 Å². The summed E-state index contributed by atoms with van der Waals surface area (Å²) in [6.07, 6.45) is 12.2. The molecule has 3 aliphatic rings. The summed E-state index contributed by atoms with van der Waals surface area (Å²) >= 11 is 0. The van der Waals surface area contributed by atoms with Gasteiger partial charge in [-0.15, -0.1) is 0 Å². The average molecular weight is 388 g/mol. The summed E-state index contributed by atoms with van der Waals surface area (Å²) in [7, 11) is 0. The van der Waals surface area contributed by atoms with Crippen molar-refractivity contribution < 1.29 is 19.2 Å². The number of imide groups is 1. The Bertz CT molecular complexity index is 673. The summed E-state index contributed by atoms with van der Waals surface area (Å²) in [6, 6.07) is 0. The van der Waals surface area contributed by atoms with Gasteiger partial charge in [0.2, 0.25) is 0 Å². The van der Waals surface area contributed by atoms with E-state index in [4.69, 9.17) is 9.57 Å². The number of amides is 2. The molecule has 0 radical (unpaired) electrons. The molecule has 2 amide bonds. The van der Waals surface area contributed by atoms with Crippen molar-refractivity contribution >= 4 is 11.8 Å². The number of fused-ring (bicyclic) bond motifs is 5. The van der Waals surface area contributed by atoms with Crippen LogP contribution in [0.3, 0.4) is 0 Å². The minimum absolute atomic E-state index is 0.0934. The van der Waals surface area contributed by atoms with Gasteiger partial charge < -0.3 is 4.74 Å². The van der Waals surface area contributed by atoms with Crippen LogP contribution in [0.25, 0.3) is 0 Å². The second-order valence-corrected chi connectivity index (χ2v) is 8.57. The van der Waals surface area contributed by atoms with Crippen molar-refractivity contribution in [3.05, 3.63) is 34.9 Å². The summed E-state index contributed by atoms with van der Waals surface area (Å²) in [5, 5.41) is 1.00. The molecule has 3 heterocycles. The molecule has 0 aromatic rings. The SMILES string of the molecule is CC(C)=CCCC(C)=CCCC(C)=CCON1C(=O)C2C3CCC(O3)C2C1=O. The third kappa shape index (κ3) is 4.64. The van der Waals surface area contributed by atoms with E-state index in [0.29, 0.717) is 0 Å². The molecule has 0 spiro atoms. The molecule has 3 rings (SSSR count). The lowest BCUT2D eigenvalue weighted by Crippen LogP contribution is -2.34. The smallest absolute Gasteiger partial charge is 0.260 e. The van der Waals surface area contributed by atoms with Crippen LogP contribution in [0.5, 0.6) is 0 Å². The number of hydroxylamine groups is 2. The number of nitrogens with zero attached hydrogens (tertiary/aromatic N) is 1. The highest BCUT2D eigenvalue weighted by Gasteiger charge is 2.63. The molecule has 5 nitrogen and oxygen atoms in total. The Hall–Kier alpha value is -1.72. The zero-order valence-corrected chi connectivity index (χ0v) is 17.6. The topological polar surface area (TPSA) is 55.8 Å². The number of hydrogen-bond donors (Lipinski definition) is 0. The molecule has 0 aromatic carbocycles. The summed E-state index contributed by atoms with van der Waals surface area (Å²) < 4.78 is 5.73. The van der Waals surface area contributed by atoms with Crippen molar-refractivity contribution in [2.45, 2.75) is 78.4 Å². The predicted molar refractivity (Wildman–Crippen MR) is 108 cm³/mol. The Morgan fingerprint density at radius 1 is 0.929 bits per heavy atom. The summed E-state index contributed by atoms with van der Waals surface area (Å²) in [5.74, 6) is -1.09. The van der Waals surface area contributed by atoms with Crippen LogP contribution < -0.4 is 0 Å². The van der Waals surface area contributed by atoms with Gasteiger partial charge >= 0.3 is 0 Å². The summed E-state index contributed by atoms with van der Waals surface area (Å²) in [6.45, 7) is 8.75. The van der Waals surface area contributed by atoms with Crippen LogP contribution in [0.2, 0.25) is 0 Å². The highest BCUT2D eigenvalue weighted by molar-refractivity contribution is 6.05. The lowest BCUT2D eigenvalue weighted by molar-refractivity contribution is -0.188. The fraction of sp³-hybridized carbons (Fsp3) is 0.652. The van der Waals surface area contributed by atoms with Crippen LogP contribution in [0.1, 0.15) is 66.2 Å². The molecule has 5 heteroatoms. The monoisotopic (exact) mass is 387 g/mol. The van der Waals surface area contributed by atoms with Gasteiger partial charge in [0.15, 0.2) is 0 Å². The molecule has 3 saturated heterocycles. The number of carbonyl (C=O) groups excluding carboxylic acids is 2. The van der Waals surface area contributed by atoms with E-state index in [0.717, 1.165) is 43.6 Å². The fourth-order valence-corrected chi connectivity index (χ4v) is 4.40. The lowest BCUT2D eigenvalue weighted by Gasteiger charge is -2.15. The Labute approximate surface area is 168 Å². The molecule has 28 heavy (non-hydrogen) atoms. The van der Waals surface area contributed by atoms with Gasteiger partial charge in [0, 0.05) is 0 Å². The van der Waals surface area contributed by atoms with Gasteiger partial charge in [0.1, 0.15) is 0 Å². The molecule has 154 valence electrons. The normalized spacial score (nSPS) is 29.6. The van der Waals surface area contributed by atoms with Crippen LogP contribution in [0.15, 0.2) is 34.9 Å². The van der Waals surface area contributed by atoms with Crippen molar-refractivity contribution in [1.29, 1.82) is 0 Å². The number of allylic oxidation sites excluding steroid dienone is 5. The molecule has 0 saturated carbocycles. The van der Waals surface area contributed by atoms with Gasteiger partial charge in [-0.2, -0.15) is 5.06 Å². The molecule has 3 fully saturated rings. The van der Waals surface area contributed by atoms with Gasteiger partial charge in [0.05, 0.1) is 30.7 Å². The zero-order valence-electron chi connectivity index (χ0n) is 17.6. The Kier molecular flexibility index (Phi) is 6.89. The minimum atomic E-state index is -0.323. The highest BCUT2D eigenvalue weighted by atomic mass is 16.7. The van der Waals surface area contributed by atoms with Crippen molar-refractivity contribution in [1.82, 2.24) is 5.06 Å². The molecule has 0 N–H and O–H groups in total. The van der Waals surface area contributed by atoms with E-state index >= 15 is 0 Å². The third-order valence-electron chi connectivity index (χ3n) is 6.00. The first-order valence-electron chi connectivity index (χ1n) is 10.5. The van der Waals surface area contributed by atoms with E-state index in [-0.39, 0.29) is 42.5 Å². The van der Waals surface area contributed by atoms with E-state index in [1.54, 1.807) is 0 Å². The van der Waals surface area contributed by atoms with Gasteiger partial charge in [-0.3, -0.25) is 14.4 Å². The summed E-state index contributed by atoms with van der Waals surface area (Å²) in [5.41, 5.74) is 3.99. The number of ether oxygens (including phenoxy) is 1. The van der Waals surface area contributed by atoms with Crippen LogP contribution >= 0.6 is 0 Å². The lowest BCUT2D eigenvalue weighted by atomic mass is 9.81. The first-order valence-corrected chi connectivity index (χ1v) is 10.5. The van der Waals surface area contributed by atoms with Crippen molar-refractivity contribution in [2.75, 3.05) is 6.61 Å². The van der Waals surface area contributed by atoms with Crippen LogP contribution in [-0.4, -0.2) is 35.7 Å². The maximum absolute atomic E-state index is 12.5. The Morgan fingerprint density at radius 3 is 2.04 bits per heavy atom. The van der Waals surface area contributed by atoms with Crippen LogP contribution in [-0.2, 0) is 19.2 Å². The molecule has 0 aromatic heterocycles. The van der Waals surface area contributed by atoms with Crippen LogP contribution in [0, 0.1) is 11.8 Å². The molecule has 4 unspecified atom stereocenters. The van der Waals surface area contributed by atoms with Gasteiger partial charge in [-0.25, -0.2) is 0 Å². The van der Waals surface area contributed by atoms with E-state index in [9.17, 15) is 9.59 Å². The Morgan fingerprint density at radius 2 is 1.46 bits per heavy atom. The fourth-order valence-electron chi connectivity index (χ4n) is 4.40. The van der Waals surface area contributed by atoms with Gasteiger partial charge in [-0.1, -0.05) is 34.9 Å². The largest absolute Gasteiger partial charge is 0.373 e. The molecular formula is C23H33NO4. The van der Waals surface area contributed by atoms with Crippen molar-refractivity contribution in [2.24, 2.45) is 11.8 Å². The zero-order chi connectivity index (χ0) is 20.3. The minimum Gasteiger partial charge on any atom is -0.373 e. The Balaban J connectivity index is 1.40. The highest BCUT2D eigenvalue weighted by Crippen LogP contribution is 2.48. The quantitative estimate of drug-likeness (QED) is 0.432. The second kappa shape index (κ2) is 9.19. The predicted octanol–water partition coefficient (Wildman–Crippen LogP) is 4.50. The standard InChI is InChI=1S/C23H33NO4/c1-15(2)7-5-8-16(3)9-6-10-17(4)13-14-27-24-22(25)20-18-11-12-19(28-18)21(20)23(24)26/h7,9,13,18-21H,5-6,8,10-12,14H2,1-4H3. The molecular weight excluding hydrogens is 354 g/mol. The first-order chi connectivity index (χ1) is 13.4. The molecule has 4 atom stereocenters.